The van der Waals surface area contributed by atoms with Crippen LogP contribution in [-0.2, 0) is 0 Å². The molecule has 1 aromatic heterocycles. The SMILES string of the molecule is CCCCCCNC(=O)c1ccncc1. The van der Waals surface area contributed by atoms with Crippen LogP contribution in [0.5, 0.6) is 0 Å². The quantitative estimate of drug-likeness (QED) is 0.726. The van der Waals surface area contributed by atoms with Crippen molar-refractivity contribution in [2.24, 2.45) is 0 Å². The summed E-state index contributed by atoms with van der Waals surface area (Å²) in [7, 11) is 0. The van der Waals surface area contributed by atoms with Crippen LogP contribution in [0.15, 0.2) is 24.5 Å². The van der Waals surface area contributed by atoms with Crippen molar-refractivity contribution in [1.82, 2.24) is 10.3 Å². The summed E-state index contributed by atoms with van der Waals surface area (Å²) in [6.45, 7) is 2.94. The largest absolute Gasteiger partial charge is 0.352 e. The summed E-state index contributed by atoms with van der Waals surface area (Å²) < 4.78 is 0. The van der Waals surface area contributed by atoms with Gasteiger partial charge in [0.15, 0.2) is 0 Å². The number of nitrogens with zero attached hydrogens (tertiary/aromatic N) is 1. The van der Waals surface area contributed by atoms with Crippen LogP contribution in [0.4, 0.5) is 0 Å². The van der Waals surface area contributed by atoms with Crippen LogP contribution in [0, 0.1) is 0 Å². The van der Waals surface area contributed by atoms with Crippen molar-refractivity contribution in [2.75, 3.05) is 6.54 Å². The first kappa shape index (κ1) is 11.7. The number of carbonyl (C=O) groups excluding carboxylic acids is 1. The normalized spacial score (nSPS) is 9.93. The van der Waals surface area contributed by atoms with Gasteiger partial charge < -0.3 is 5.32 Å². The molecule has 0 radical (unpaired) electrons. The van der Waals surface area contributed by atoms with Crippen molar-refractivity contribution in [3.05, 3.63) is 30.1 Å². The highest BCUT2D eigenvalue weighted by Gasteiger charge is 2.02. The number of hydrogen-bond donors (Lipinski definition) is 1. The third kappa shape index (κ3) is 4.58. The minimum atomic E-state index is -0.00565. The van der Waals surface area contributed by atoms with Gasteiger partial charge in [-0.15, -0.1) is 0 Å². The van der Waals surface area contributed by atoms with Crippen LogP contribution in [0.2, 0.25) is 0 Å². The smallest absolute Gasteiger partial charge is 0.251 e. The number of rotatable bonds is 6. The molecule has 82 valence electrons. The molecule has 1 amide bonds. The molecule has 15 heavy (non-hydrogen) atoms. The summed E-state index contributed by atoms with van der Waals surface area (Å²) in [6, 6.07) is 3.45. The molecule has 0 bridgehead atoms. The van der Waals surface area contributed by atoms with E-state index >= 15 is 0 Å². The fraction of sp³-hybridized carbons (Fsp3) is 0.500. The van der Waals surface area contributed by atoms with Gasteiger partial charge in [-0.2, -0.15) is 0 Å². The molecule has 1 aromatic rings. The Morgan fingerprint density at radius 3 is 2.67 bits per heavy atom. The standard InChI is InChI=1S/C12H18N2O/c1-2-3-4-5-8-14-12(15)11-6-9-13-10-7-11/h6-7,9-10H,2-5,8H2,1H3,(H,14,15). The average molecular weight is 206 g/mol. The van der Waals surface area contributed by atoms with Crippen molar-refractivity contribution in [3.63, 3.8) is 0 Å². The third-order valence-electron chi connectivity index (χ3n) is 2.26. The van der Waals surface area contributed by atoms with Gasteiger partial charge in [0, 0.05) is 24.5 Å². The number of pyridine rings is 1. The van der Waals surface area contributed by atoms with E-state index in [0.717, 1.165) is 13.0 Å². The van der Waals surface area contributed by atoms with E-state index in [4.69, 9.17) is 0 Å². The fourth-order valence-electron chi connectivity index (χ4n) is 1.36. The first-order valence-electron chi connectivity index (χ1n) is 5.53. The van der Waals surface area contributed by atoms with E-state index in [1.54, 1.807) is 24.5 Å². The predicted octanol–water partition coefficient (Wildman–Crippen LogP) is 2.39. The van der Waals surface area contributed by atoms with Crippen molar-refractivity contribution in [3.8, 4) is 0 Å². The second-order valence-corrected chi connectivity index (χ2v) is 3.55. The Morgan fingerprint density at radius 2 is 2.00 bits per heavy atom. The molecule has 0 aliphatic rings. The van der Waals surface area contributed by atoms with Gasteiger partial charge in [-0.3, -0.25) is 9.78 Å². The number of amides is 1. The van der Waals surface area contributed by atoms with Crippen molar-refractivity contribution >= 4 is 5.91 Å². The van der Waals surface area contributed by atoms with Crippen LogP contribution >= 0.6 is 0 Å². The summed E-state index contributed by atoms with van der Waals surface area (Å²) in [4.78, 5) is 15.4. The third-order valence-corrected chi connectivity index (χ3v) is 2.26. The summed E-state index contributed by atoms with van der Waals surface area (Å²) in [5.74, 6) is -0.00565. The number of unbranched alkanes of at least 4 members (excludes halogenated alkanes) is 3. The monoisotopic (exact) mass is 206 g/mol. The Morgan fingerprint density at radius 1 is 1.27 bits per heavy atom. The topological polar surface area (TPSA) is 42.0 Å². The Kier molecular flexibility index (Phi) is 5.44. The maximum absolute atomic E-state index is 11.5. The van der Waals surface area contributed by atoms with Gasteiger partial charge in [0.25, 0.3) is 5.91 Å². The molecule has 0 saturated heterocycles. The van der Waals surface area contributed by atoms with Gasteiger partial charge in [-0.1, -0.05) is 26.2 Å². The Labute approximate surface area is 90.9 Å². The predicted molar refractivity (Wildman–Crippen MR) is 60.7 cm³/mol. The summed E-state index contributed by atoms with van der Waals surface area (Å²) in [5.41, 5.74) is 0.681. The summed E-state index contributed by atoms with van der Waals surface area (Å²) in [5, 5.41) is 2.89. The zero-order valence-corrected chi connectivity index (χ0v) is 9.20. The van der Waals surface area contributed by atoms with Crippen LogP contribution in [0.3, 0.4) is 0 Å². The molecule has 1 rings (SSSR count). The molecule has 0 saturated carbocycles. The molecule has 0 atom stereocenters. The zero-order chi connectivity index (χ0) is 10.9. The van der Waals surface area contributed by atoms with E-state index in [0.29, 0.717) is 5.56 Å². The van der Waals surface area contributed by atoms with Crippen LogP contribution in [0.25, 0.3) is 0 Å². The maximum Gasteiger partial charge on any atom is 0.251 e. The lowest BCUT2D eigenvalue weighted by Gasteiger charge is -2.04. The lowest BCUT2D eigenvalue weighted by Crippen LogP contribution is -2.24. The van der Waals surface area contributed by atoms with E-state index in [2.05, 4.69) is 17.2 Å². The Bertz CT molecular complexity index is 285. The lowest BCUT2D eigenvalue weighted by atomic mass is 10.2. The molecule has 0 spiro atoms. The summed E-state index contributed by atoms with van der Waals surface area (Å²) in [6.07, 6.45) is 7.97. The van der Waals surface area contributed by atoms with E-state index < -0.39 is 0 Å². The molecular formula is C12H18N2O. The number of aromatic nitrogens is 1. The molecule has 3 heteroatoms. The average Bonchev–Trinajstić information content (AvgIpc) is 2.30. The number of hydrogen-bond acceptors (Lipinski definition) is 2. The lowest BCUT2D eigenvalue weighted by molar-refractivity contribution is 0.0953. The van der Waals surface area contributed by atoms with Gasteiger partial charge in [-0.25, -0.2) is 0 Å². The highest BCUT2D eigenvalue weighted by molar-refractivity contribution is 5.93. The van der Waals surface area contributed by atoms with Gasteiger partial charge >= 0.3 is 0 Å². The number of carbonyl (C=O) groups is 1. The molecule has 1 heterocycles. The van der Waals surface area contributed by atoms with Gasteiger partial charge in [-0.05, 0) is 18.6 Å². The van der Waals surface area contributed by atoms with Crippen molar-refractivity contribution < 1.29 is 4.79 Å². The highest BCUT2D eigenvalue weighted by Crippen LogP contribution is 1.99. The Balaban J connectivity index is 2.20. The molecule has 0 aromatic carbocycles. The first-order chi connectivity index (χ1) is 7.34. The van der Waals surface area contributed by atoms with Gasteiger partial charge in [0.2, 0.25) is 0 Å². The molecule has 0 unspecified atom stereocenters. The maximum atomic E-state index is 11.5. The van der Waals surface area contributed by atoms with Crippen molar-refractivity contribution in [1.29, 1.82) is 0 Å². The molecule has 1 N–H and O–H groups in total. The minimum absolute atomic E-state index is 0.00565. The van der Waals surface area contributed by atoms with Crippen LogP contribution in [0.1, 0.15) is 43.0 Å². The van der Waals surface area contributed by atoms with Crippen LogP contribution in [-0.4, -0.2) is 17.4 Å². The second kappa shape index (κ2) is 6.98. The Hall–Kier alpha value is -1.38. The molecule has 0 aliphatic heterocycles. The summed E-state index contributed by atoms with van der Waals surface area (Å²) >= 11 is 0. The van der Waals surface area contributed by atoms with E-state index in [-0.39, 0.29) is 5.91 Å². The van der Waals surface area contributed by atoms with Crippen molar-refractivity contribution in [2.45, 2.75) is 32.6 Å². The molecular weight excluding hydrogens is 188 g/mol. The molecule has 3 nitrogen and oxygen atoms in total. The van der Waals surface area contributed by atoms with Gasteiger partial charge in [0.05, 0.1) is 0 Å². The molecule has 0 aliphatic carbocycles. The number of nitrogens with one attached hydrogen (secondary N) is 1. The van der Waals surface area contributed by atoms with E-state index in [1.165, 1.54) is 19.3 Å². The van der Waals surface area contributed by atoms with E-state index in [1.807, 2.05) is 0 Å². The molecule has 0 fully saturated rings. The van der Waals surface area contributed by atoms with Crippen LogP contribution < -0.4 is 5.32 Å². The fourth-order valence-corrected chi connectivity index (χ4v) is 1.36. The van der Waals surface area contributed by atoms with E-state index in [9.17, 15) is 4.79 Å². The highest BCUT2D eigenvalue weighted by atomic mass is 16.1. The minimum Gasteiger partial charge on any atom is -0.352 e. The van der Waals surface area contributed by atoms with Gasteiger partial charge in [0.1, 0.15) is 0 Å². The second-order valence-electron chi connectivity index (χ2n) is 3.55. The zero-order valence-electron chi connectivity index (χ0n) is 9.20. The first-order valence-corrected chi connectivity index (χ1v) is 5.53.